The molecule has 1 amide bonds. The van der Waals surface area contributed by atoms with Crippen molar-refractivity contribution in [1.29, 1.82) is 0 Å². The van der Waals surface area contributed by atoms with E-state index < -0.39 is 11.7 Å². The number of fused-ring (bicyclic) bond motifs is 1. The van der Waals surface area contributed by atoms with E-state index in [9.17, 15) is 19.8 Å². The number of phenolic OH excluding ortho intramolecular Hbond substituents is 2. The maximum Gasteiger partial charge on any atom is 0.311 e. The second-order valence-electron chi connectivity index (χ2n) is 7.82. The van der Waals surface area contributed by atoms with E-state index in [1.165, 1.54) is 36.1 Å². The van der Waals surface area contributed by atoms with Crippen molar-refractivity contribution >= 4 is 23.6 Å². The minimum absolute atomic E-state index is 0.0457. The lowest BCUT2D eigenvalue weighted by molar-refractivity contribution is -0.135. The van der Waals surface area contributed by atoms with Gasteiger partial charge in [-0.3, -0.25) is 9.59 Å². The Morgan fingerprint density at radius 3 is 2.60 bits per heavy atom. The van der Waals surface area contributed by atoms with Gasteiger partial charge in [-0.05, 0) is 48.6 Å². The first-order chi connectivity index (χ1) is 14.5. The number of carbonyl (C=O) groups excluding carboxylic acids is 2. The lowest BCUT2D eigenvalue weighted by Crippen LogP contribution is -2.47. The Morgan fingerprint density at radius 1 is 1.07 bits per heavy atom. The first-order valence-corrected chi connectivity index (χ1v) is 9.93. The largest absolute Gasteiger partial charge is 0.504 e. The standard InChI is InChI=1S/C23H23N3O4/c27-19-8-7-15(11-20(19)28)14-24-26-22(30)21(29)12-18-17-6-2-1-5-16(17)13-23(25-18)9-3-4-10-23/h1-2,5-8,11-12,14,25,27-28H,3-4,9-10,13H2,(H,26,30). The van der Waals surface area contributed by atoms with E-state index in [1.807, 2.05) is 18.2 Å². The summed E-state index contributed by atoms with van der Waals surface area (Å²) in [7, 11) is 0. The number of carbonyl (C=O) groups is 2. The molecule has 2 aromatic carbocycles. The zero-order valence-corrected chi connectivity index (χ0v) is 16.4. The summed E-state index contributed by atoms with van der Waals surface area (Å²) in [6.07, 6.45) is 7.93. The van der Waals surface area contributed by atoms with Crippen LogP contribution in [0.5, 0.6) is 11.5 Å². The predicted molar refractivity (Wildman–Crippen MR) is 113 cm³/mol. The molecular weight excluding hydrogens is 382 g/mol. The average Bonchev–Trinajstić information content (AvgIpc) is 3.17. The van der Waals surface area contributed by atoms with Crippen LogP contribution in [-0.4, -0.2) is 33.7 Å². The number of nitrogens with one attached hydrogen (secondary N) is 2. The van der Waals surface area contributed by atoms with Crippen LogP contribution in [-0.2, 0) is 16.0 Å². The van der Waals surface area contributed by atoms with Gasteiger partial charge in [0, 0.05) is 22.9 Å². The van der Waals surface area contributed by atoms with Crippen LogP contribution in [0.1, 0.15) is 42.4 Å². The SMILES string of the molecule is O=C(C=C1NC2(CCCC2)Cc2ccccc21)C(=O)NN=Cc1ccc(O)c(O)c1. The Bertz CT molecular complexity index is 1050. The summed E-state index contributed by atoms with van der Waals surface area (Å²) in [6.45, 7) is 0. The molecule has 154 valence electrons. The molecule has 4 rings (SSSR count). The Hall–Kier alpha value is -3.61. The summed E-state index contributed by atoms with van der Waals surface area (Å²) in [5, 5.41) is 26.1. The number of ketones is 1. The monoisotopic (exact) mass is 405 g/mol. The number of phenols is 2. The van der Waals surface area contributed by atoms with Crippen LogP contribution in [0.4, 0.5) is 0 Å². The smallest absolute Gasteiger partial charge is 0.311 e. The molecule has 4 N–H and O–H groups in total. The molecule has 0 aromatic heterocycles. The fourth-order valence-electron chi connectivity index (χ4n) is 4.20. The summed E-state index contributed by atoms with van der Waals surface area (Å²) in [6, 6.07) is 12.1. The number of hydrogen-bond donors (Lipinski definition) is 4. The Kier molecular flexibility index (Phi) is 5.27. The average molecular weight is 405 g/mol. The van der Waals surface area contributed by atoms with E-state index in [1.54, 1.807) is 0 Å². The molecular formula is C23H23N3O4. The number of benzene rings is 2. The molecule has 1 saturated carbocycles. The molecule has 30 heavy (non-hydrogen) atoms. The number of hydrazone groups is 1. The number of amides is 1. The van der Waals surface area contributed by atoms with Gasteiger partial charge in [0.25, 0.3) is 0 Å². The molecule has 1 heterocycles. The number of aromatic hydroxyl groups is 2. The van der Waals surface area contributed by atoms with Crippen molar-refractivity contribution in [2.45, 2.75) is 37.6 Å². The van der Waals surface area contributed by atoms with Crippen LogP contribution in [0.25, 0.3) is 5.70 Å². The molecule has 1 aliphatic carbocycles. The van der Waals surface area contributed by atoms with E-state index in [0.717, 1.165) is 37.7 Å². The summed E-state index contributed by atoms with van der Waals surface area (Å²) < 4.78 is 0. The van der Waals surface area contributed by atoms with Gasteiger partial charge in [-0.1, -0.05) is 37.1 Å². The first-order valence-electron chi connectivity index (χ1n) is 9.93. The van der Waals surface area contributed by atoms with E-state index in [-0.39, 0.29) is 17.0 Å². The third kappa shape index (κ3) is 4.05. The van der Waals surface area contributed by atoms with Crippen LogP contribution >= 0.6 is 0 Å². The lowest BCUT2D eigenvalue weighted by Gasteiger charge is -2.38. The normalized spacial score (nSPS) is 18.3. The van der Waals surface area contributed by atoms with Gasteiger partial charge in [-0.2, -0.15) is 5.10 Å². The van der Waals surface area contributed by atoms with E-state index in [2.05, 4.69) is 21.9 Å². The van der Waals surface area contributed by atoms with Crippen LogP contribution in [0, 0.1) is 0 Å². The van der Waals surface area contributed by atoms with Crippen LogP contribution < -0.4 is 10.7 Å². The highest BCUT2D eigenvalue weighted by Gasteiger charge is 2.38. The number of nitrogens with zero attached hydrogens (tertiary/aromatic N) is 1. The molecule has 1 spiro atoms. The molecule has 7 heteroatoms. The summed E-state index contributed by atoms with van der Waals surface area (Å²) in [5.41, 5.74) is 5.42. The number of rotatable bonds is 4. The van der Waals surface area contributed by atoms with Crippen LogP contribution in [0.15, 0.2) is 53.6 Å². The second-order valence-corrected chi connectivity index (χ2v) is 7.82. The zero-order valence-electron chi connectivity index (χ0n) is 16.4. The van der Waals surface area contributed by atoms with Gasteiger partial charge in [0.1, 0.15) is 0 Å². The zero-order chi connectivity index (χ0) is 21.1. The molecule has 1 fully saturated rings. The highest BCUT2D eigenvalue weighted by atomic mass is 16.3. The third-order valence-electron chi connectivity index (χ3n) is 5.68. The fraction of sp³-hybridized carbons (Fsp3) is 0.261. The molecule has 2 aromatic rings. The van der Waals surface area contributed by atoms with E-state index in [4.69, 9.17) is 0 Å². The Labute approximate surface area is 174 Å². The summed E-state index contributed by atoms with van der Waals surface area (Å²) in [5.74, 6) is -2.10. The van der Waals surface area contributed by atoms with Crippen molar-refractivity contribution in [3.63, 3.8) is 0 Å². The first kappa shape index (κ1) is 19.7. The van der Waals surface area contributed by atoms with Gasteiger partial charge in [0.05, 0.1) is 6.21 Å². The van der Waals surface area contributed by atoms with Crippen molar-refractivity contribution in [2.24, 2.45) is 5.10 Å². The quantitative estimate of drug-likeness (QED) is 0.205. The minimum Gasteiger partial charge on any atom is -0.504 e. The van der Waals surface area contributed by atoms with Gasteiger partial charge in [-0.25, -0.2) is 5.43 Å². The van der Waals surface area contributed by atoms with Gasteiger partial charge in [-0.15, -0.1) is 0 Å². The minimum atomic E-state index is -0.855. The molecule has 0 bridgehead atoms. The number of hydrogen-bond acceptors (Lipinski definition) is 6. The van der Waals surface area contributed by atoms with Crippen molar-refractivity contribution in [1.82, 2.24) is 10.7 Å². The second kappa shape index (κ2) is 8.02. The van der Waals surface area contributed by atoms with Crippen molar-refractivity contribution in [3.05, 3.63) is 65.2 Å². The Balaban J connectivity index is 1.49. The molecule has 0 unspecified atom stereocenters. The molecule has 7 nitrogen and oxygen atoms in total. The lowest BCUT2D eigenvalue weighted by atomic mass is 9.82. The maximum atomic E-state index is 12.5. The van der Waals surface area contributed by atoms with Crippen LogP contribution in [0.3, 0.4) is 0 Å². The van der Waals surface area contributed by atoms with Gasteiger partial charge < -0.3 is 15.5 Å². The van der Waals surface area contributed by atoms with Gasteiger partial charge >= 0.3 is 5.91 Å². The van der Waals surface area contributed by atoms with Crippen LogP contribution in [0.2, 0.25) is 0 Å². The molecule has 1 aliphatic heterocycles. The third-order valence-corrected chi connectivity index (χ3v) is 5.68. The topological polar surface area (TPSA) is 111 Å². The highest BCUT2D eigenvalue weighted by molar-refractivity contribution is 6.41. The molecule has 0 atom stereocenters. The maximum absolute atomic E-state index is 12.5. The van der Waals surface area contributed by atoms with Crippen molar-refractivity contribution < 1.29 is 19.8 Å². The summed E-state index contributed by atoms with van der Waals surface area (Å²) >= 11 is 0. The predicted octanol–water partition coefficient (Wildman–Crippen LogP) is 2.62. The fourth-order valence-corrected chi connectivity index (χ4v) is 4.20. The van der Waals surface area contributed by atoms with Gasteiger partial charge in [0.15, 0.2) is 11.5 Å². The van der Waals surface area contributed by atoms with E-state index in [0.29, 0.717) is 11.3 Å². The summed E-state index contributed by atoms with van der Waals surface area (Å²) in [4.78, 5) is 24.7. The molecule has 0 saturated heterocycles. The molecule has 2 aliphatic rings. The van der Waals surface area contributed by atoms with Crippen molar-refractivity contribution in [2.75, 3.05) is 0 Å². The van der Waals surface area contributed by atoms with E-state index >= 15 is 0 Å². The van der Waals surface area contributed by atoms with Gasteiger partial charge in [0.2, 0.25) is 5.78 Å². The van der Waals surface area contributed by atoms with Crippen molar-refractivity contribution in [3.8, 4) is 11.5 Å². The highest BCUT2D eigenvalue weighted by Crippen LogP contribution is 2.39. The molecule has 0 radical (unpaired) electrons. The Morgan fingerprint density at radius 2 is 1.83 bits per heavy atom.